The van der Waals surface area contributed by atoms with E-state index in [2.05, 4.69) is 10.3 Å². The van der Waals surface area contributed by atoms with Gasteiger partial charge in [0.05, 0.1) is 17.3 Å². The number of aromatic amines is 1. The van der Waals surface area contributed by atoms with Gasteiger partial charge in [0, 0.05) is 25.2 Å². The van der Waals surface area contributed by atoms with E-state index in [0.717, 1.165) is 12.8 Å². The first kappa shape index (κ1) is 22.5. The first-order valence-corrected chi connectivity index (χ1v) is 10.5. The minimum Gasteiger partial charge on any atom is -0.486 e. The Kier molecular flexibility index (Phi) is 7.11. The highest BCUT2D eigenvalue weighted by atomic mass is 35.5. The Hall–Kier alpha value is -3.14. The van der Waals surface area contributed by atoms with E-state index in [1.807, 2.05) is 6.92 Å². The number of nitrogens with two attached hydrogens (primary N) is 1. The van der Waals surface area contributed by atoms with E-state index in [1.54, 1.807) is 19.1 Å². The molecule has 0 saturated heterocycles. The highest BCUT2D eigenvalue weighted by molar-refractivity contribution is 6.34. The van der Waals surface area contributed by atoms with E-state index >= 15 is 0 Å². The summed E-state index contributed by atoms with van der Waals surface area (Å²) in [6.07, 6.45) is 1.58. The van der Waals surface area contributed by atoms with Crippen molar-refractivity contribution in [3.63, 3.8) is 0 Å². The van der Waals surface area contributed by atoms with E-state index in [9.17, 15) is 14.4 Å². The molecule has 1 amide bonds. The molecule has 0 bridgehead atoms. The molecule has 10 nitrogen and oxygen atoms in total. The zero-order valence-corrected chi connectivity index (χ0v) is 18.3. The maximum atomic E-state index is 12.7. The average molecular weight is 452 g/mol. The maximum Gasteiger partial charge on any atom is 0.330 e. The van der Waals surface area contributed by atoms with Crippen molar-refractivity contribution in [1.29, 1.82) is 0 Å². The third-order valence-corrected chi connectivity index (χ3v) is 5.20. The highest BCUT2D eigenvalue weighted by Crippen LogP contribution is 2.38. The van der Waals surface area contributed by atoms with E-state index in [-0.39, 0.29) is 18.1 Å². The van der Waals surface area contributed by atoms with E-state index in [0.29, 0.717) is 48.5 Å². The minimum atomic E-state index is -0.637. The molecule has 1 aliphatic rings. The smallest absolute Gasteiger partial charge is 0.330 e. The number of unbranched alkanes of at least 4 members (excludes halogenated alkanes) is 1. The molecular weight excluding hydrogens is 426 g/mol. The summed E-state index contributed by atoms with van der Waals surface area (Å²) in [7, 11) is 0. The number of rotatable bonds is 8. The maximum absolute atomic E-state index is 12.7. The second kappa shape index (κ2) is 9.78. The molecule has 168 valence electrons. The Labute approximate surface area is 183 Å². The topological polar surface area (TPSA) is 132 Å². The first-order valence-electron chi connectivity index (χ1n) is 10.1. The summed E-state index contributed by atoms with van der Waals surface area (Å²) in [5.41, 5.74) is 5.39. The van der Waals surface area contributed by atoms with Crippen LogP contribution in [0.2, 0.25) is 5.02 Å². The van der Waals surface area contributed by atoms with Crippen LogP contribution in [-0.4, -0.2) is 41.8 Å². The number of aromatic nitrogens is 2. The number of anilines is 3. The Morgan fingerprint density at radius 3 is 2.58 bits per heavy atom. The Morgan fingerprint density at radius 1 is 1.26 bits per heavy atom. The molecule has 11 heteroatoms. The third-order valence-electron chi connectivity index (χ3n) is 4.89. The van der Waals surface area contributed by atoms with E-state index < -0.39 is 17.2 Å². The number of fused-ring (bicyclic) bond motifs is 1. The lowest BCUT2D eigenvalue weighted by molar-refractivity contribution is -0.115. The number of carbonyl (C=O) groups excluding carboxylic acids is 1. The highest BCUT2D eigenvalue weighted by Gasteiger charge is 2.21. The van der Waals surface area contributed by atoms with Crippen LogP contribution in [0.4, 0.5) is 17.2 Å². The number of nitrogens with zero attached hydrogens (tertiary/aromatic N) is 2. The lowest BCUT2D eigenvalue weighted by Gasteiger charge is -2.24. The summed E-state index contributed by atoms with van der Waals surface area (Å²) in [4.78, 5) is 41.1. The molecule has 2 aromatic rings. The molecule has 0 unspecified atom stereocenters. The van der Waals surface area contributed by atoms with Gasteiger partial charge in [-0.05, 0) is 13.3 Å². The summed E-state index contributed by atoms with van der Waals surface area (Å²) in [5, 5.41) is 3.02. The van der Waals surface area contributed by atoms with Crippen molar-refractivity contribution in [1.82, 2.24) is 9.55 Å². The van der Waals surface area contributed by atoms with Crippen LogP contribution in [0.25, 0.3) is 0 Å². The summed E-state index contributed by atoms with van der Waals surface area (Å²) in [6.45, 7) is 5.13. The van der Waals surface area contributed by atoms with Crippen molar-refractivity contribution in [2.45, 2.75) is 33.2 Å². The van der Waals surface area contributed by atoms with Gasteiger partial charge in [-0.25, -0.2) is 4.79 Å². The van der Waals surface area contributed by atoms with Crippen molar-refractivity contribution in [2.75, 3.05) is 42.3 Å². The van der Waals surface area contributed by atoms with E-state index in [1.165, 1.54) is 9.47 Å². The lowest BCUT2D eigenvalue weighted by Crippen LogP contribution is -2.41. The largest absolute Gasteiger partial charge is 0.486 e. The molecule has 4 N–H and O–H groups in total. The molecule has 0 fully saturated rings. The summed E-state index contributed by atoms with van der Waals surface area (Å²) in [5.74, 6) is 0.625. The van der Waals surface area contributed by atoms with Crippen molar-refractivity contribution in [3.8, 4) is 11.5 Å². The van der Waals surface area contributed by atoms with Gasteiger partial charge in [-0.1, -0.05) is 24.9 Å². The van der Waals surface area contributed by atoms with Crippen LogP contribution in [0.1, 0.15) is 26.7 Å². The van der Waals surface area contributed by atoms with Gasteiger partial charge in [-0.2, -0.15) is 0 Å². The fourth-order valence-electron chi connectivity index (χ4n) is 3.29. The number of halogens is 1. The molecular formula is C20H26ClN5O5. The number of likely N-dealkylation sites (N-methyl/N-ethyl adjacent to an activating group) is 1. The monoisotopic (exact) mass is 451 g/mol. The van der Waals surface area contributed by atoms with Crippen molar-refractivity contribution < 1.29 is 14.3 Å². The van der Waals surface area contributed by atoms with Crippen LogP contribution >= 0.6 is 11.6 Å². The number of benzene rings is 1. The number of nitrogens with one attached hydrogen (secondary N) is 2. The normalized spacial score (nSPS) is 12.5. The van der Waals surface area contributed by atoms with Gasteiger partial charge in [-0.15, -0.1) is 0 Å². The molecule has 1 aromatic heterocycles. The summed E-state index contributed by atoms with van der Waals surface area (Å²) >= 11 is 6.25. The molecule has 3 rings (SSSR count). The SMILES string of the molecule is CCCCn1c(N)c(N(CC)CC(=O)Nc2cc3c(cc2Cl)OCCO3)c(=O)[nH]c1=O. The number of hydrogen-bond donors (Lipinski definition) is 3. The number of hydrogen-bond acceptors (Lipinski definition) is 7. The third kappa shape index (κ3) is 4.96. The van der Waals surface area contributed by atoms with Gasteiger partial charge in [0.2, 0.25) is 5.91 Å². The van der Waals surface area contributed by atoms with Gasteiger partial charge < -0.3 is 25.4 Å². The van der Waals surface area contributed by atoms with Gasteiger partial charge >= 0.3 is 5.69 Å². The van der Waals surface area contributed by atoms with Crippen LogP contribution in [-0.2, 0) is 11.3 Å². The quantitative estimate of drug-likeness (QED) is 0.557. The Morgan fingerprint density at radius 2 is 1.94 bits per heavy atom. The molecule has 0 spiro atoms. The second-order valence-electron chi connectivity index (χ2n) is 7.04. The molecule has 0 aliphatic carbocycles. The lowest BCUT2D eigenvalue weighted by atomic mass is 10.2. The van der Waals surface area contributed by atoms with Crippen LogP contribution in [0.15, 0.2) is 21.7 Å². The second-order valence-corrected chi connectivity index (χ2v) is 7.44. The van der Waals surface area contributed by atoms with Crippen LogP contribution in [0.3, 0.4) is 0 Å². The minimum absolute atomic E-state index is 0.0363. The van der Waals surface area contributed by atoms with Crippen molar-refractivity contribution in [2.24, 2.45) is 0 Å². The number of nitrogen functional groups attached to an aromatic ring is 1. The molecule has 2 heterocycles. The number of carbonyl (C=O) groups is 1. The summed E-state index contributed by atoms with van der Waals surface area (Å²) in [6, 6.07) is 3.17. The predicted molar refractivity (Wildman–Crippen MR) is 120 cm³/mol. The Balaban J connectivity index is 1.82. The van der Waals surface area contributed by atoms with E-state index in [4.69, 9.17) is 26.8 Å². The standard InChI is InChI=1S/C20H26ClN5O5/c1-3-5-6-26-18(22)17(19(28)24-20(26)29)25(4-2)11-16(27)23-13-10-15-14(9-12(13)21)30-7-8-31-15/h9-10H,3-8,11,22H2,1-2H3,(H,23,27)(H,24,28,29). The zero-order chi connectivity index (χ0) is 22.5. The first-order chi connectivity index (χ1) is 14.8. The van der Waals surface area contributed by atoms with Crippen LogP contribution in [0, 0.1) is 0 Å². The van der Waals surface area contributed by atoms with Crippen molar-refractivity contribution in [3.05, 3.63) is 38.0 Å². The van der Waals surface area contributed by atoms with Crippen LogP contribution in [0.5, 0.6) is 11.5 Å². The molecule has 0 radical (unpaired) electrons. The van der Waals surface area contributed by atoms with Gasteiger partial charge in [-0.3, -0.25) is 19.1 Å². The number of amides is 1. The number of ether oxygens (including phenoxy) is 2. The average Bonchev–Trinajstić information content (AvgIpc) is 2.73. The van der Waals surface area contributed by atoms with Gasteiger partial charge in [0.15, 0.2) is 11.5 Å². The molecule has 1 aliphatic heterocycles. The molecule has 0 atom stereocenters. The Bertz CT molecular complexity index is 1080. The molecule has 1 aromatic carbocycles. The van der Waals surface area contributed by atoms with Gasteiger partial charge in [0.1, 0.15) is 24.7 Å². The molecule has 31 heavy (non-hydrogen) atoms. The zero-order valence-electron chi connectivity index (χ0n) is 17.5. The van der Waals surface area contributed by atoms with Crippen LogP contribution < -0.4 is 36.7 Å². The van der Waals surface area contributed by atoms with Gasteiger partial charge in [0.25, 0.3) is 5.56 Å². The summed E-state index contributed by atoms with van der Waals surface area (Å²) < 4.78 is 12.3. The molecule has 0 saturated carbocycles. The number of H-pyrrole nitrogens is 1. The predicted octanol–water partition coefficient (Wildman–Crippen LogP) is 1.81. The van der Waals surface area contributed by atoms with Crippen molar-refractivity contribution >= 4 is 34.7 Å². The fraction of sp³-hybridized carbons (Fsp3) is 0.450. The fourth-order valence-corrected chi connectivity index (χ4v) is 3.49.